The predicted molar refractivity (Wildman–Crippen MR) is 97.8 cm³/mol. The second-order valence-electron chi connectivity index (χ2n) is 8.74. The Morgan fingerprint density at radius 1 is 1.35 bits per heavy atom. The van der Waals surface area contributed by atoms with Gasteiger partial charge in [-0.15, -0.1) is 0 Å². The molecule has 2 N–H and O–H groups in total. The third-order valence-electron chi connectivity index (χ3n) is 5.08. The summed E-state index contributed by atoms with van der Waals surface area (Å²) in [5, 5.41) is 13.5. The van der Waals surface area contributed by atoms with Crippen molar-refractivity contribution in [2.75, 3.05) is 18.5 Å². The summed E-state index contributed by atoms with van der Waals surface area (Å²) in [5.41, 5.74) is 0.952. The molecule has 2 fully saturated rings. The van der Waals surface area contributed by atoms with Crippen LogP contribution in [0.3, 0.4) is 0 Å². The molecule has 0 unspecified atom stereocenters. The van der Waals surface area contributed by atoms with E-state index in [2.05, 4.69) is 10.3 Å². The van der Waals surface area contributed by atoms with E-state index in [9.17, 15) is 9.90 Å². The Balaban J connectivity index is 1.71. The van der Waals surface area contributed by atoms with E-state index in [1.165, 1.54) is 0 Å². The first-order valence-corrected chi connectivity index (χ1v) is 9.25. The molecule has 26 heavy (non-hydrogen) atoms. The fourth-order valence-corrected chi connectivity index (χ4v) is 3.41. The van der Waals surface area contributed by atoms with Crippen LogP contribution in [-0.4, -0.2) is 38.8 Å². The lowest BCUT2D eigenvalue weighted by atomic mass is 9.92. The van der Waals surface area contributed by atoms with Crippen molar-refractivity contribution in [2.45, 2.75) is 58.1 Å². The number of nitrogens with one attached hydrogen (secondary N) is 1. The van der Waals surface area contributed by atoms with Gasteiger partial charge < -0.3 is 9.84 Å². The smallest absolute Gasteiger partial charge is 0.227 e. The number of anilines is 1. The molecular weight excluding hydrogens is 332 g/mol. The van der Waals surface area contributed by atoms with E-state index in [0.717, 1.165) is 30.4 Å². The van der Waals surface area contributed by atoms with Crippen LogP contribution in [0.4, 0.5) is 5.95 Å². The SMILES string of the molecule is CC(C)(C)CC(=O)Nc1nc2ccc(C3(O)COC3)nc2n1C1CCC1. The number of hydrogen-bond acceptors (Lipinski definition) is 5. The van der Waals surface area contributed by atoms with Crippen LogP contribution in [0, 0.1) is 5.41 Å². The Labute approximate surface area is 152 Å². The van der Waals surface area contributed by atoms with Crippen LogP contribution < -0.4 is 5.32 Å². The van der Waals surface area contributed by atoms with Crippen molar-refractivity contribution in [3.05, 3.63) is 17.8 Å². The summed E-state index contributed by atoms with van der Waals surface area (Å²) < 4.78 is 7.18. The highest BCUT2D eigenvalue weighted by atomic mass is 16.5. The number of carbonyl (C=O) groups excluding carboxylic acids is 1. The minimum absolute atomic E-state index is 0.0420. The molecule has 140 valence electrons. The Bertz CT molecular complexity index is 844. The maximum absolute atomic E-state index is 12.4. The Morgan fingerprint density at radius 3 is 2.62 bits per heavy atom. The Hall–Kier alpha value is -1.99. The summed E-state index contributed by atoms with van der Waals surface area (Å²) in [6.07, 6.45) is 3.69. The van der Waals surface area contributed by atoms with Crippen molar-refractivity contribution < 1.29 is 14.6 Å². The molecule has 4 rings (SSSR count). The molecule has 0 bridgehead atoms. The molecule has 0 spiro atoms. The maximum atomic E-state index is 12.4. The molecule has 0 atom stereocenters. The molecule has 1 aliphatic carbocycles. The van der Waals surface area contributed by atoms with Crippen molar-refractivity contribution in [3.63, 3.8) is 0 Å². The molecule has 7 heteroatoms. The van der Waals surface area contributed by atoms with Crippen molar-refractivity contribution in [3.8, 4) is 0 Å². The van der Waals surface area contributed by atoms with E-state index < -0.39 is 5.60 Å². The molecule has 1 saturated carbocycles. The molecule has 7 nitrogen and oxygen atoms in total. The van der Waals surface area contributed by atoms with Crippen LogP contribution in [0.1, 0.15) is 58.2 Å². The number of fused-ring (bicyclic) bond motifs is 1. The lowest BCUT2D eigenvalue weighted by molar-refractivity contribution is -0.186. The zero-order valence-electron chi connectivity index (χ0n) is 15.6. The van der Waals surface area contributed by atoms with Gasteiger partial charge in [-0.3, -0.25) is 14.7 Å². The molecule has 0 aromatic carbocycles. The summed E-state index contributed by atoms with van der Waals surface area (Å²) in [6, 6.07) is 3.95. The predicted octanol–water partition coefficient (Wildman–Crippen LogP) is 2.75. The molecule has 1 amide bonds. The zero-order chi connectivity index (χ0) is 18.5. The summed E-state index contributed by atoms with van der Waals surface area (Å²) in [5.74, 6) is 0.514. The van der Waals surface area contributed by atoms with Gasteiger partial charge in [-0.1, -0.05) is 20.8 Å². The third-order valence-corrected chi connectivity index (χ3v) is 5.08. The number of ether oxygens (including phenoxy) is 1. The topological polar surface area (TPSA) is 89.3 Å². The maximum Gasteiger partial charge on any atom is 0.227 e. The van der Waals surface area contributed by atoms with Gasteiger partial charge in [0.15, 0.2) is 11.2 Å². The van der Waals surface area contributed by atoms with E-state index in [0.29, 0.717) is 24.1 Å². The highest BCUT2D eigenvalue weighted by molar-refractivity contribution is 5.91. The van der Waals surface area contributed by atoms with E-state index >= 15 is 0 Å². The average molecular weight is 358 g/mol. The summed E-state index contributed by atoms with van der Waals surface area (Å²) in [7, 11) is 0. The second-order valence-corrected chi connectivity index (χ2v) is 8.74. The highest BCUT2D eigenvalue weighted by Crippen LogP contribution is 2.38. The van der Waals surface area contributed by atoms with Gasteiger partial charge in [-0.2, -0.15) is 0 Å². The first kappa shape index (κ1) is 17.4. The van der Waals surface area contributed by atoms with Gasteiger partial charge in [-0.05, 0) is 36.8 Å². The van der Waals surface area contributed by atoms with E-state index in [1.54, 1.807) is 6.07 Å². The van der Waals surface area contributed by atoms with Gasteiger partial charge in [-0.25, -0.2) is 9.97 Å². The quantitative estimate of drug-likeness (QED) is 0.877. The Kier molecular flexibility index (Phi) is 4.04. The van der Waals surface area contributed by atoms with Gasteiger partial charge in [0.2, 0.25) is 11.9 Å². The average Bonchev–Trinajstić information content (AvgIpc) is 2.78. The first-order valence-electron chi connectivity index (χ1n) is 9.25. The number of rotatable bonds is 4. The van der Waals surface area contributed by atoms with E-state index in [4.69, 9.17) is 9.72 Å². The lowest BCUT2D eigenvalue weighted by Crippen LogP contribution is -2.47. The van der Waals surface area contributed by atoms with E-state index in [1.807, 2.05) is 31.4 Å². The number of carbonyl (C=O) groups is 1. The molecule has 2 aliphatic rings. The number of pyridine rings is 1. The monoisotopic (exact) mass is 358 g/mol. The van der Waals surface area contributed by atoms with Crippen LogP contribution >= 0.6 is 0 Å². The summed E-state index contributed by atoms with van der Waals surface area (Å²) in [6.45, 7) is 6.64. The minimum Gasteiger partial charge on any atom is -0.379 e. The fraction of sp³-hybridized carbons (Fsp3) is 0.632. The van der Waals surface area contributed by atoms with Crippen LogP contribution in [0.5, 0.6) is 0 Å². The lowest BCUT2D eigenvalue weighted by Gasteiger charge is -2.35. The standard InChI is InChI=1S/C19H26N4O3/c1-18(2,3)9-15(24)22-17-20-13-7-8-14(19(25)10-26-11-19)21-16(13)23(17)12-5-4-6-12/h7-8,12,25H,4-6,9-11H2,1-3H3,(H,20,22,24). The Morgan fingerprint density at radius 2 is 2.08 bits per heavy atom. The van der Waals surface area contributed by atoms with Gasteiger partial charge in [0.1, 0.15) is 5.52 Å². The fourth-order valence-electron chi connectivity index (χ4n) is 3.41. The minimum atomic E-state index is -1.02. The van der Waals surface area contributed by atoms with Crippen molar-refractivity contribution in [1.82, 2.24) is 14.5 Å². The molecule has 1 aliphatic heterocycles. The molecule has 2 aromatic heterocycles. The molecule has 3 heterocycles. The number of aliphatic hydroxyl groups is 1. The van der Waals surface area contributed by atoms with Gasteiger partial charge in [0, 0.05) is 12.5 Å². The van der Waals surface area contributed by atoms with Crippen LogP contribution in [0.25, 0.3) is 11.2 Å². The van der Waals surface area contributed by atoms with Crippen LogP contribution in [0.2, 0.25) is 0 Å². The largest absolute Gasteiger partial charge is 0.379 e. The molecule has 0 radical (unpaired) electrons. The van der Waals surface area contributed by atoms with Crippen LogP contribution in [-0.2, 0) is 15.1 Å². The first-order chi connectivity index (χ1) is 12.3. The summed E-state index contributed by atoms with van der Waals surface area (Å²) >= 11 is 0. The normalized spacial score (nSPS) is 19.8. The van der Waals surface area contributed by atoms with Crippen molar-refractivity contribution in [1.29, 1.82) is 0 Å². The number of amides is 1. The van der Waals surface area contributed by atoms with Gasteiger partial charge in [0.25, 0.3) is 0 Å². The number of imidazole rings is 1. The molecular formula is C19H26N4O3. The summed E-state index contributed by atoms with van der Waals surface area (Å²) in [4.78, 5) is 21.7. The highest BCUT2D eigenvalue weighted by Gasteiger charge is 2.40. The zero-order valence-corrected chi connectivity index (χ0v) is 15.6. The number of aromatic nitrogens is 3. The molecule has 1 saturated heterocycles. The third kappa shape index (κ3) is 3.10. The van der Waals surface area contributed by atoms with Crippen molar-refractivity contribution >= 4 is 23.0 Å². The van der Waals surface area contributed by atoms with Gasteiger partial charge >= 0.3 is 0 Å². The second kappa shape index (κ2) is 6.03. The van der Waals surface area contributed by atoms with Crippen LogP contribution in [0.15, 0.2) is 12.1 Å². The van der Waals surface area contributed by atoms with Gasteiger partial charge in [0.05, 0.1) is 18.9 Å². The van der Waals surface area contributed by atoms with Crippen molar-refractivity contribution in [2.24, 2.45) is 5.41 Å². The number of hydrogen-bond donors (Lipinski definition) is 2. The van der Waals surface area contributed by atoms with E-state index in [-0.39, 0.29) is 24.5 Å². The molecule has 2 aromatic rings. The number of nitrogens with zero attached hydrogens (tertiary/aromatic N) is 3.